The molecule has 0 bridgehead atoms. The Kier molecular flexibility index (Phi) is 4.30. The largest absolute Gasteiger partial charge is 0.364 e. The molecule has 0 atom stereocenters. The second-order valence-electron chi connectivity index (χ2n) is 3.61. The molecule has 0 radical (unpaired) electrons. The zero-order chi connectivity index (χ0) is 11.3. The van der Waals surface area contributed by atoms with Crippen molar-refractivity contribution in [2.75, 3.05) is 25.5 Å². The normalized spacial score (nSPS) is 10.7. The Bertz CT molecular complexity index is 359. The summed E-state index contributed by atoms with van der Waals surface area (Å²) in [6, 6.07) is 0.158. The smallest absolute Gasteiger partial charge is 0.293 e. The Morgan fingerprint density at radius 2 is 2.20 bits per heavy atom. The van der Waals surface area contributed by atoms with Crippen LogP contribution in [0.4, 0.5) is 5.82 Å². The average Bonchev–Trinajstić information content (AvgIpc) is 2.20. The zero-order valence-corrected chi connectivity index (χ0v) is 9.45. The van der Waals surface area contributed by atoms with Gasteiger partial charge in [-0.25, -0.2) is 4.98 Å². The van der Waals surface area contributed by atoms with Gasteiger partial charge in [0.05, 0.1) is 0 Å². The number of aromatic nitrogens is 2. The summed E-state index contributed by atoms with van der Waals surface area (Å²) in [5.41, 5.74) is -0.0661. The van der Waals surface area contributed by atoms with Gasteiger partial charge in [-0.15, -0.1) is 0 Å². The summed E-state index contributed by atoms with van der Waals surface area (Å²) in [5.74, 6) is 0.418. The average molecular weight is 210 g/mol. The molecule has 2 N–H and O–H groups in total. The third-order valence-electron chi connectivity index (χ3n) is 2.09. The van der Waals surface area contributed by atoms with Crippen LogP contribution in [-0.4, -0.2) is 29.7 Å². The van der Waals surface area contributed by atoms with Gasteiger partial charge in [-0.3, -0.25) is 4.79 Å². The maximum atomic E-state index is 11.8. The number of hydrogen-bond donors (Lipinski definition) is 2. The molecular weight excluding hydrogens is 192 g/mol. The fraction of sp³-hybridized carbons (Fsp3) is 0.600. The maximum absolute atomic E-state index is 11.8. The number of nitrogens with one attached hydrogen (secondary N) is 2. The SMILES string of the molecule is CNCCNc1nccn(C(C)C)c1=O. The number of rotatable bonds is 5. The van der Waals surface area contributed by atoms with Gasteiger partial charge in [0.2, 0.25) is 0 Å². The van der Waals surface area contributed by atoms with E-state index in [-0.39, 0.29) is 11.6 Å². The molecule has 1 heterocycles. The molecule has 0 aliphatic heterocycles. The minimum atomic E-state index is -0.0661. The van der Waals surface area contributed by atoms with Crippen molar-refractivity contribution in [3.8, 4) is 0 Å². The van der Waals surface area contributed by atoms with E-state index in [2.05, 4.69) is 15.6 Å². The fourth-order valence-corrected chi connectivity index (χ4v) is 1.26. The fourth-order valence-electron chi connectivity index (χ4n) is 1.26. The van der Waals surface area contributed by atoms with Gasteiger partial charge in [0.15, 0.2) is 5.82 Å². The first-order valence-corrected chi connectivity index (χ1v) is 5.12. The molecule has 0 unspecified atom stereocenters. The van der Waals surface area contributed by atoms with Gasteiger partial charge in [-0.05, 0) is 20.9 Å². The first-order valence-electron chi connectivity index (χ1n) is 5.12. The summed E-state index contributed by atoms with van der Waals surface area (Å²) < 4.78 is 1.66. The predicted molar refractivity (Wildman–Crippen MR) is 61.3 cm³/mol. The zero-order valence-electron chi connectivity index (χ0n) is 9.45. The second-order valence-corrected chi connectivity index (χ2v) is 3.61. The van der Waals surface area contributed by atoms with E-state index in [9.17, 15) is 4.79 Å². The Morgan fingerprint density at radius 1 is 1.47 bits per heavy atom. The highest BCUT2D eigenvalue weighted by atomic mass is 16.1. The van der Waals surface area contributed by atoms with E-state index in [0.29, 0.717) is 12.4 Å². The lowest BCUT2D eigenvalue weighted by atomic mass is 10.4. The first-order chi connectivity index (χ1) is 7.16. The first kappa shape index (κ1) is 11.7. The monoisotopic (exact) mass is 210 g/mol. The highest BCUT2D eigenvalue weighted by Gasteiger charge is 2.05. The molecule has 0 spiro atoms. The van der Waals surface area contributed by atoms with Crippen molar-refractivity contribution in [2.45, 2.75) is 19.9 Å². The Hall–Kier alpha value is -1.36. The van der Waals surface area contributed by atoms with E-state index >= 15 is 0 Å². The minimum absolute atomic E-state index is 0.0661. The molecule has 84 valence electrons. The van der Waals surface area contributed by atoms with Crippen molar-refractivity contribution in [1.29, 1.82) is 0 Å². The van der Waals surface area contributed by atoms with Gasteiger partial charge in [-0.2, -0.15) is 0 Å². The summed E-state index contributed by atoms with van der Waals surface area (Å²) in [7, 11) is 1.87. The molecule has 1 aromatic rings. The van der Waals surface area contributed by atoms with E-state index < -0.39 is 0 Å². The van der Waals surface area contributed by atoms with Gasteiger partial charge < -0.3 is 15.2 Å². The van der Waals surface area contributed by atoms with Crippen LogP contribution in [0.3, 0.4) is 0 Å². The Labute approximate surface area is 89.5 Å². The van der Waals surface area contributed by atoms with Crippen molar-refractivity contribution in [3.05, 3.63) is 22.7 Å². The molecule has 5 nitrogen and oxygen atoms in total. The van der Waals surface area contributed by atoms with Crippen LogP contribution in [-0.2, 0) is 0 Å². The van der Waals surface area contributed by atoms with Gasteiger partial charge in [0.25, 0.3) is 5.56 Å². The quantitative estimate of drug-likeness (QED) is 0.693. The van der Waals surface area contributed by atoms with Crippen molar-refractivity contribution in [1.82, 2.24) is 14.9 Å². The van der Waals surface area contributed by atoms with Gasteiger partial charge in [0.1, 0.15) is 0 Å². The lowest BCUT2D eigenvalue weighted by Gasteiger charge is -2.11. The highest BCUT2D eigenvalue weighted by Crippen LogP contribution is 2.00. The molecule has 5 heteroatoms. The molecule has 0 aliphatic carbocycles. The number of hydrogen-bond acceptors (Lipinski definition) is 4. The summed E-state index contributed by atoms with van der Waals surface area (Å²) in [6.45, 7) is 5.44. The van der Waals surface area contributed by atoms with Crippen molar-refractivity contribution < 1.29 is 0 Å². The van der Waals surface area contributed by atoms with Crippen molar-refractivity contribution in [2.24, 2.45) is 0 Å². The van der Waals surface area contributed by atoms with E-state index in [1.165, 1.54) is 0 Å². The van der Waals surface area contributed by atoms with Crippen LogP contribution in [0.5, 0.6) is 0 Å². The Morgan fingerprint density at radius 3 is 2.80 bits per heavy atom. The van der Waals surface area contributed by atoms with E-state index in [4.69, 9.17) is 0 Å². The number of likely N-dealkylation sites (N-methyl/N-ethyl adjacent to an activating group) is 1. The minimum Gasteiger partial charge on any atom is -0.364 e. The van der Waals surface area contributed by atoms with E-state index in [1.54, 1.807) is 17.0 Å². The molecular formula is C10H18N4O. The molecule has 0 saturated carbocycles. The van der Waals surface area contributed by atoms with Gasteiger partial charge in [0, 0.05) is 31.5 Å². The van der Waals surface area contributed by atoms with Crippen LogP contribution in [0.1, 0.15) is 19.9 Å². The van der Waals surface area contributed by atoms with Crippen LogP contribution in [0, 0.1) is 0 Å². The molecule has 0 aromatic carbocycles. The molecule has 1 aromatic heterocycles. The Balaban J connectivity index is 2.81. The molecule has 0 saturated heterocycles. The lowest BCUT2D eigenvalue weighted by molar-refractivity contribution is 0.575. The van der Waals surface area contributed by atoms with Crippen molar-refractivity contribution in [3.63, 3.8) is 0 Å². The molecule has 1 rings (SSSR count). The third kappa shape index (κ3) is 3.06. The topological polar surface area (TPSA) is 59.0 Å². The van der Waals surface area contributed by atoms with Crippen LogP contribution >= 0.6 is 0 Å². The van der Waals surface area contributed by atoms with Crippen LogP contribution in [0.15, 0.2) is 17.2 Å². The van der Waals surface area contributed by atoms with E-state index in [0.717, 1.165) is 6.54 Å². The third-order valence-corrected chi connectivity index (χ3v) is 2.09. The van der Waals surface area contributed by atoms with Gasteiger partial charge >= 0.3 is 0 Å². The highest BCUT2D eigenvalue weighted by molar-refractivity contribution is 5.30. The molecule has 0 aliphatic rings. The standard InChI is InChI=1S/C10H18N4O/c1-8(2)14-7-6-13-9(10(14)15)12-5-4-11-3/h6-8,11H,4-5H2,1-3H3,(H,12,13). The number of nitrogens with zero attached hydrogens (tertiary/aromatic N) is 2. The lowest BCUT2D eigenvalue weighted by Crippen LogP contribution is -2.28. The molecule has 0 amide bonds. The number of anilines is 1. The predicted octanol–water partition coefficient (Wildman–Crippen LogP) is 0.455. The molecule has 15 heavy (non-hydrogen) atoms. The summed E-state index contributed by atoms with van der Waals surface area (Å²) in [6.07, 6.45) is 3.35. The van der Waals surface area contributed by atoms with E-state index in [1.807, 2.05) is 20.9 Å². The molecule has 0 fully saturated rings. The summed E-state index contributed by atoms with van der Waals surface area (Å²) in [4.78, 5) is 15.8. The van der Waals surface area contributed by atoms with Gasteiger partial charge in [-0.1, -0.05) is 0 Å². The van der Waals surface area contributed by atoms with Crippen LogP contribution in [0.2, 0.25) is 0 Å². The maximum Gasteiger partial charge on any atom is 0.293 e. The van der Waals surface area contributed by atoms with Crippen molar-refractivity contribution >= 4 is 5.82 Å². The van der Waals surface area contributed by atoms with Crippen LogP contribution in [0.25, 0.3) is 0 Å². The summed E-state index contributed by atoms with van der Waals surface area (Å²) >= 11 is 0. The second kappa shape index (κ2) is 5.50. The van der Waals surface area contributed by atoms with Crippen LogP contribution < -0.4 is 16.2 Å². The summed E-state index contributed by atoms with van der Waals surface area (Å²) in [5, 5.41) is 6.00.